The quantitative estimate of drug-likeness (QED) is 0.712. The van der Waals surface area contributed by atoms with Crippen molar-refractivity contribution in [2.45, 2.75) is 25.9 Å². The minimum absolute atomic E-state index is 0.235. The van der Waals surface area contributed by atoms with Gasteiger partial charge in [-0.05, 0) is 26.0 Å². The van der Waals surface area contributed by atoms with Crippen molar-refractivity contribution in [3.63, 3.8) is 0 Å². The molecule has 12 heavy (non-hydrogen) atoms. The lowest BCUT2D eigenvalue weighted by Crippen LogP contribution is -2.34. The van der Waals surface area contributed by atoms with Gasteiger partial charge in [-0.1, -0.05) is 0 Å². The summed E-state index contributed by atoms with van der Waals surface area (Å²) < 4.78 is 5.24. The Balaban J connectivity index is 2.44. The fraction of sp³-hybridized carbons (Fsp3) is 0.556. The predicted octanol–water partition coefficient (Wildman–Crippen LogP) is 1.28. The van der Waals surface area contributed by atoms with E-state index in [1.54, 1.807) is 6.26 Å². The molecule has 0 aliphatic heterocycles. The van der Waals surface area contributed by atoms with Crippen LogP contribution in [-0.4, -0.2) is 12.6 Å². The number of hydrogen-bond acceptors (Lipinski definition) is 3. The second-order valence-corrected chi connectivity index (χ2v) is 3.04. The molecule has 0 saturated heterocycles. The maximum atomic E-state index is 5.48. The first kappa shape index (κ1) is 9.29. The van der Waals surface area contributed by atoms with Crippen molar-refractivity contribution in [1.29, 1.82) is 0 Å². The van der Waals surface area contributed by atoms with Gasteiger partial charge < -0.3 is 15.5 Å². The summed E-state index contributed by atoms with van der Waals surface area (Å²) in [5.41, 5.74) is 5.48. The predicted molar refractivity (Wildman–Crippen MR) is 48.8 cm³/mol. The van der Waals surface area contributed by atoms with E-state index in [1.165, 1.54) is 0 Å². The van der Waals surface area contributed by atoms with Crippen LogP contribution in [0.3, 0.4) is 0 Å². The zero-order valence-electron chi connectivity index (χ0n) is 7.58. The Labute approximate surface area is 72.9 Å². The Hall–Kier alpha value is -0.800. The molecule has 0 saturated carbocycles. The van der Waals surface area contributed by atoms with Crippen molar-refractivity contribution in [2.24, 2.45) is 5.73 Å². The van der Waals surface area contributed by atoms with Crippen LogP contribution >= 0.6 is 0 Å². The van der Waals surface area contributed by atoms with Crippen molar-refractivity contribution in [1.82, 2.24) is 5.32 Å². The minimum Gasteiger partial charge on any atom is -0.468 e. The van der Waals surface area contributed by atoms with Gasteiger partial charge in [-0.3, -0.25) is 0 Å². The number of nitrogens with one attached hydrogen (secondary N) is 1. The zero-order valence-corrected chi connectivity index (χ0v) is 7.58. The van der Waals surface area contributed by atoms with Gasteiger partial charge in [0.05, 0.1) is 12.3 Å². The fourth-order valence-corrected chi connectivity index (χ4v) is 1.11. The van der Waals surface area contributed by atoms with Crippen LogP contribution in [0.4, 0.5) is 0 Å². The van der Waals surface area contributed by atoms with E-state index in [-0.39, 0.29) is 6.04 Å². The molecule has 2 atom stereocenters. The molecule has 3 N–H and O–H groups in total. The van der Waals surface area contributed by atoms with E-state index in [1.807, 2.05) is 12.1 Å². The highest BCUT2D eigenvalue weighted by molar-refractivity contribution is 5.03. The Morgan fingerprint density at radius 3 is 2.83 bits per heavy atom. The number of furan rings is 1. The second kappa shape index (κ2) is 4.28. The molecule has 1 rings (SSSR count). The highest BCUT2D eigenvalue weighted by atomic mass is 16.3. The average molecular weight is 168 g/mol. The second-order valence-electron chi connectivity index (χ2n) is 3.04. The number of hydrogen-bond donors (Lipinski definition) is 2. The van der Waals surface area contributed by atoms with Crippen molar-refractivity contribution in [2.75, 3.05) is 6.54 Å². The smallest absolute Gasteiger partial charge is 0.120 e. The maximum Gasteiger partial charge on any atom is 0.120 e. The standard InChI is InChI=1S/C9H16N2O/c1-7(6-10)11-8(2)9-4-3-5-12-9/h3-5,7-8,11H,6,10H2,1-2H3/t7?,8-/m1/s1. The Morgan fingerprint density at radius 1 is 1.58 bits per heavy atom. The van der Waals surface area contributed by atoms with Crippen LogP contribution < -0.4 is 11.1 Å². The van der Waals surface area contributed by atoms with E-state index in [4.69, 9.17) is 10.2 Å². The monoisotopic (exact) mass is 168 g/mol. The van der Waals surface area contributed by atoms with Crippen LogP contribution in [0, 0.1) is 0 Å². The number of rotatable bonds is 4. The average Bonchev–Trinajstić information content (AvgIpc) is 2.56. The summed E-state index contributed by atoms with van der Waals surface area (Å²) in [7, 11) is 0. The van der Waals surface area contributed by atoms with Crippen molar-refractivity contribution < 1.29 is 4.42 Å². The normalized spacial score (nSPS) is 15.9. The van der Waals surface area contributed by atoms with Crippen molar-refractivity contribution in [3.05, 3.63) is 24.2 Å². The van der Waals surface area contributed by atoms with E-state index in [2.05, 4.69) is 19.2 Å². The molecule has 3 nitrogen and oxygen atoms in total. The molecule has 0 aromatic carbocycles. The first-order valence-corrected chi connectivity index (χ1v) is 4.23. The molecular formula is C9H16N2O. The summed E-state index contributed by atoms with van der Waals surface area (Å²) in [4.78, 5) is 0. The largest absolute Gasteiger partial charge is 0.468 e. The van der Waals surface area contributed by atoms with E-state index in [0.29, 0.717) is 12.6 Å². The summed E-state index contributed by atoms with van der Waals surface area (Å²) in [6.45, 7) is 4.76. The van der Waals surface area contributed by atoms with E-state index in [0.717, 1.165) is 5.76 Å². The maximum absolute atomic E-state index is 5.48. The van der Waals surface area contributed by atoms with Gasteiger partial charge in [-0.25, -0.2) is 0 Å². The lowest BCUT2D eigenvalue weighted by atomic mass is 10.2. The summed E-state index contributed by atoms with van der Waals surface area (Å²) in [5, 5.41) is 3.31. The molecule has 1 heterocycles. The molecule has 3 heteroatoms. The molecular weight excluding hydrogens is 152 g/mol. The Morgan fingerprint density at radius 2 is 2.33 bits per heavy atom. The minimum atomic E-state index is 0.235. The molecule has 0 spiro atoms. The van der Waals surface area contributed by atoms with Crippen LogP contribution in [0.2, 0.25) is 0 Å². The summed E-state index contributed by atoms with van der Waals surface area (Å²) in [5.74, 6) is 0.954. The van der Waals surface area contributed by atoms with Crippen LogP contribution in [0.5, 0.6) is 0 Å². The molecule has 1 aromatic heterocycles. The molecule has 0 fully saturated rings. The lowest BCUT2D eigenvalue weighted by Gasteiger charge is -2.16. The third-order valence-electron chi connectivity index (χ3n) is 1.86. The first-order valence-electron chi connectivity index (χ1n) is 4.23. The number of nitrogens with two attached hydrogens (primary N) is 1. The van der Waals surface area contributed by atoms with Crippen LogP contribution in [0.1, 0.15) is 25.6 Å². The van der Waals surface area contributed by atoms with E-state index >= 15 is 0 Å². The lowest BCUT2D eigenvalue weighted by molar-refractivity contribution is 0.401. The van der Waals surface area contributed by atoms with Gasteiger partial charge in [0.25, 0.3) is 0 Å². The van der Waals surface area contributed by atoms with E-state index < -0.39 is 0 Å². The van der Waals surface area contributed by atoms with Gasteiger partial charge in [-0.15, -0.1) is 0 Å². The molecule has 1 unspecified atom stereocenters. The molecule has 0 aliphatic carbocycles. The zero-order chi connectivity index (χ0) is 8.97. The van der Waals surface area contributed by atoms with Gasteiger partial charge in [-0.2, -0.15) is 0 Å². The summed E-state index contributed by atoms with van der Waals surface area (Å²) in [6, 6.07) is 4.41. The molecule has 0 aliphatic rings. The van der Waals surface area contributed by atoms with Gasteiger partial charge >= 0.3 is 0 Å². The molecule has 68 valence electrons. The molecule has 1 aromatic rings. The van der Waals surface area contributed by atoms with Gasteiger partial charge in [0, 0.05) is 12.6 Å². The van der Waals surface area contributed by atoms with Crippen molar-refractivity contribution >= 4 is 0 Å². The van der Waals surface area contributed by atoms with Crippen LogP contribution in [-0.2, 0) is 0 Å². The summed E-state index contributed by atoms with van der Waals surface area (Å²) in [6.07, 6.45) is 1.68. The van der Waals surface area contributed by atoms with Gasteiger partial charge in [0.15, 0.2) is 0 Å². The highest BCUT2D eigenvalue weighted by Gasteiger charge is 2.09. The molecule has 0 radical (unpaired) electrons. The molecule has 0 amide bonds. The topological polar surface area (TPSA) is 51.2 Å². The first-order chi connectivity index (χ1) is 5.74. The van der Waals surface area contributed by atoms with Gasteiger partial charge in [0.2, 0.25) is 0 Å². The van der Waals surface area contributed by atoms with Crippen molar-refractivity contribution in [3.8, 4) is 0 Å². The summed E-state index contributed by atoms with van der Waals surface area (Å²) >= 11 is 0. The SMILES string of the molecule is CC(CN)N[C@H](C)c1ccco1. The molecule has 0 bridgehead atoms. The highest BCUT2D eigenvalue weighted by Crippen LogP contribution is 2.12. The third kappa shape index (κ3) is 2.36. The van der Waals surface area contributed by atoms with Crippen LogP contribution in [0.15, 0.2) is 22.8 Å². The fourth-order valence-electron chi connectivity index (χ4n) is 1.11. The Kier molecular flexibility index (Phi) is 3.31. The van der Waals surface area contributed by atoms with E-state index in [9.17, 15) is 0 Å². The Bertz CT molecular complexity index is 208. The third-order valence-corrected chi connectivity index (χ3v) is 1.86. The van der Waals surface area contributed by atoms with Crippen LogP contribution in [0.25, 0.3) is 0 Å². The van der Waals surface area contributed by atoms with Gasteiger partial charge in [0.1, 0.15) is 5.76 Å².